The predicted molar refractivity (Wildman–Crippen MR) is 109 cm³/mol. The number of aromatic amines is 1. The number of benzene rings is 1. The molecule has 2 aromatic rings. The molecular formula is C20H20ClN3O2S. The van der Waals surface area contributed by atoms with Gasteiger partial charge in [-0.3, -0.25) is 9.59 Å². The van der Waals surface area contributed by atoms with Crippen molar-refractivity contribution >= 4 is 35.0 Å². The summed E-state index contributed by atoms with van der Waals surface area (Å²) >= 11 is 7.43. The topological polar surface area (TPSA) is 74.8 Å². The van der Waals surface area contributed by atoms with Crippen LogP contribution in [0.2, 0.25) is 5.02 Å². The first-order chi connectivity index (χ1) is 12.8. The molecule has 140 valence electrons. The fourth-order valence-corrected chi connectivity index (χ4v) is 4.48. The normalized spacial score (nSPS) is 20.7. The van der Waals surface area contributed by atoms with E-state index >= 15 is 0 Å². The van der Waals surface area contributed by atoms with E-state index in [1.165, 1.54) is 11.8 Å². The summed E-state index contributed by atoms with van der Waals surface area (Å²) < 4.78 is 0. The Hall–Kier alpha value is -2.05. The molecule has 0 saturated heterocycles. The van der Waals surface area contributed by atoms with Gasteiger partial charge in [0.2, 0.25) is 0 Å². The molecule has 27 heavy (non-hydrogen) atoms. The standard InChI is InChI=1S/C20H20ClN3O2S/c1-20(2)8-12-15(13(25)9-20)14(10-4-6-11(21)7-5-10)16-17(22-12)23-19(27-3)24-18(16)26/h4-7,14H,8-9H2,1-3H3,(H2,22,23,24,26)/t14-/m0/s1. The third-order valence-corrected chi connectivity index (χ3v) is 5.93. The number of H-pyrrole nitrogens is 1. The molecule has 2 heterocycles. The van der Waals surface area contributed by atoms with Crippen molar-refractivity contribution in [3.63, 3.8) is 0 Å². The number of halogens is 1. The van der Waals surface area contributed by atoms with Gasteiger partial charge in [-0.2, -0.15) is 0 Å². The Morgan fingerprint density at radius 1 is 1.19 bits per heavy atom. The van der Waals surface area contributed by atoms with Crippen LogP contribution in [0.25, 0.3) is 0 Å². The zero-order valence-electron chi connectivity index (χ0n) is 15.4. The van der Waals surface area contributed by atoms with Crippen molar-refractivity contribution < 1.29 is 4.79 Å². The highest BCUT2D eigenvalue weighted by Gasteiger charge is 2.42. The van der Waals surface area contributed by atoms with Gasteiger partial charge in [0.05, 0.1) is 5.56 Å². The predicted octanol–water partition coefficient (Wildman–Crippen LogP) is 4.35. The van der Waals surface area contributed by atoms with Gasteiger partial charge in [-0.1, -0.05) is 49.3 Å². The first-order valence-electron chi connectivity index (χ1n) is 8.76. The Morgan fingerprint density at radius 3 is 2.56 bits per heavy atom. The summed E-state index contributed by atoms with van der Waals surface area (Å²) in [6.45, 7) is 4.17. The molecule has 2 aliphatic rings. The summed E-state index contributed by atoms with van der Waals surface area (Å²) in [5, 5.41) is 4.46. The van der Waals surface area contributed by atoms with Crippen molar-refractivity contribution in [3.05, 3.63) is 62.0 Å². The molecule has 0 saturated carbocycles. The number of aromatic nitrogens is 2. The van der Waals surface area contributed by atoms with Crippen LogP contribution >= 0.6 is 23.4 Å². The third kappa shape index (κ3) is 3.21. The van der Waals surface area contributed by atoms with Gasteiger partial charge in [-0.25, -0.2) is 4.98 Å². The lowest BCUT2D eigenvalue weighted by atomic mass is 9.69. The molecule has 0 unspecified atom stereocenters. The fourth-order valence-electron chi connectivity index (χ4n) is 3.98. The molecule has 1 aromatic carbocycles. The Morgan fingerprint density at radius 2 is 1.89 bits per heavy atom. The number of ketones is 1. The summed E-state index contributed by atoms with van der Waals surface area (Å²) in [6.07, 6.45) is 3.06. The molecule has 0 amide bonds. The second-order valence-electron chi connectivity index (χ2n) is 7.78. The highest BCUT2D eigenvalue weighted by Crippen LogP contribution is 2.47. The van der Waals surface area contributed by atoms with Gasteiger partial charge in [-0.15, -0.1) is 0 Å². The third-order valence-electron chi connectivity index (χ3n) is 5.10. The van der Waals surface area contributed by atoms with Crippen molar-refractivity contribution in [1.82, 2.24) is 9.97 Å². The number of allylic oxidation sites excluding steroid dienone is 2. The maximum Gasteiger partial charge on any atom is 0.257 e. The second kappa shape index (κ2) is 6.53. The lowest BCUT2D eigenvalue weighted by Crippen LogP contribution is -2.37. The van der Waals surface area contributed by atoms with Gasteiger partial charge < -0.3 is 10.3 Å². The molecule has 7 heteroatoms. The van der Waals surface area contributed by atoms with E-state index in [1.807, 2.05) is 18.4 Å². The van der Waals surface area contributed by atoms with E-state index in [0.717, 1.165) is 17.7 Å². The number of nitrogens with one attached hydrogen (secondary N) is 2. The largest absolute Gasteiger partial charge is 0.343 e. The molecule has 1 aliphatic heterocycles. The number of carbonyl (C=O) groups is 1. The minimum Gasteiger partial charge on any atom is -0.343 e. The zero-order chi connectivity index (χ0) is 19.3. The molecule has 0 radical (unpaired) electrons. The van der Waals surface area contributed by atoms with Gasteiger partial charge in [-0.05, 0) is 35.8 Å². The molecule has 0 bridgehead atoms. The summed E-state index contributed by atoms with van der Waals surface area (Å²) in [6, 6.07) is 7.32. The molecule has 0 fully saturated rings. The van der Waals surface area contributed by atoms with E-state index in [2.05, 4.69) is 29.1 Å². The average Bonchev–Trinajstić information content (AvgIpc) is 2.59. The lowest BCUT2D eigenvalue weighted by Gasteiger charge is -2.38. The quantitative estimate of drug-likeness (QED) is 0.578. The van der Waals surface area contributed by atoms with Crippen LogP contribution in [0.3, 0.4) is 0 Å². The van der Waals surface area contributed by atoms with Crippen LogP contribution in [-0.2, 0) is 4.79 Å². The molecular weight excluding hydrogens is 382 g/mol. The number of thioether (sulfide) groups is 1. The Kier molecular flexibility index (Phi) is 4.43. The van der Waals surface area contributed by atoms with Crippen LogP contribution in [0.1, 0.15) is 43.7 Å². The Bertz CT molecular complexity index is 1020. The Balaban J connectivity index is 1.97. The first-order valence-corrected chi connectivity index (χ1v) is 10.4. The molecule has 0 spiro atoms. The van der Waals surface area contributed by atoms with Crippen LogP contribution < -0.4 is 10.9 Å². The number of anilines is 1. The zero-order valence-corrected chi connectivity index (χ0v) is 16.9. The lowest BCUT2D eigenvalue weighted by molar-refractivity contribution is -0.118. The van der Waals surface area contributed by atoms with Gasteiger partial charge in [0.25, 0.3) is 5.56 Å². The highest BCUT2D eigenvalue weighted by atomic mass is 35.5. The van der Waals surface area contributed by atoms with Gasteiger partial charge in [0, 0.05) is 28.6 Å². The second-order valence-corrected chi connectivity index (χ2v) is 9.01. The molecule has 2 N–H and O–H groups in total. The summed E-state index contributed by atoms with van der Waals surface area (Å²) in [5.41, 5.74) is 2.55. The van der Waals surface area contributed by atoms with Gasteiger partial charge in [0.15, 0.2) is 10.9 Å². The first kappa shape index (κ1) is 18.3. The maximum atomic E-state index is 13.1. The van der Waals surface area contributed by atoms with Gasteiger partial charge >= 0.3 is 0 Å². The maximum absolute atomic E-state index is 13.1. The Labute approximate surface area is 166 Å². The number of Topliss-reactive ketones (excluding diaryl/α,β-unsaturated/α-hetero) is 1. The summed E-state index contributed by atoms with van der Waals surface area (Å²) in [4.78, 5) is 33.4. The fraction of sp³-hybridized carbons (Fsp3) is 0.350. The van der Waals surface area contributed by atoms with E-state index in [1.54, 1.807) is 12.1 Å². The molecule has 4 rings (SSSR count). The number of hydrogen-bond acceptors (Lipinski definition) is 5. The molecule has 5 nitrogen and oxygen atoms in total. The van der Waals surface area contributed by atoms with Gasteiger partial charge in [0.1, 0.15) is 5.82 Å². The number of fused-ring (bicyclic) bond motifs is 1. The average molecular weight is 402 g/mol. The summed E-state index contributed by atoms with van der Waals surface area (Å²) in [5.74, 6) is 0.171. The van der Waals surface area contributed by atoms with E-state index in [4.69, 9.17) is 11.6 Å². The molecule has 1 aliphatic carbocycles. The highest BCUT2D eigenvalue weighted by molar-refractivity contribution is 7.98. The summed E-state index contributed by atoms with van der Waals surface area (Å²) in [7, 11) is 0. The van der Waals surface area contributed by atoms with E-state index < -0.39 is 5.92 Å². The van der Waals surface area contributed by atoms with E-state index in [-0.39, 0.29) is 16.8 Å². The number of rotatable bonds is 2. The molecule has 1 atom stereocenters. The molecule has 1 aromatic heterocycles. The van der Waals surface area contributed by atoms with Crippen molar-refractivity contribution in [2.24, 2.45) is 5.41 Å². The van der Waals surface area contributed by atoms with Crippen LogP contribution in [-0.4, -0.2) is 22.0 Å². The van der Waals surface area contributed by atoms with Crippen molar-refractivity contribution in [1.29, 1.82) is 0 Å². The number of nitrogens with zero attached hydrogens (tertiary/aromatic N) is 1. The van der Waals surface area contributed by atoms with E-state index in [9.17, 15) is 9.59 Å². The smallest absolute Gasteiger partial charge is 0.257 e. The van der Waals surface area contributed by atoms with Crippen molar-refractivity contribution in [2.45, 2.75) is 37.8 Å². The number of carbonyl (C=O) groups excluding carboxylic acids is 1. The van der Waals surface area contributed by atoms with Crippen molar-refractivity contribution in [3.8, 4) is 0 Å². The van der Waals surface area contributed by atoms with Crippen LogP contribution in [0.4, 0.5) is 5.82 Å². The number of hydrogen-bond donors (Lipinski definition) is 2. The van der Waals surface area contributed by atoms with Crippen LogP contribution in [0, 0.1) is 5.41 Å². The minimum absolute atomic E-state index is 0.0766. The minimum atomic E-state index is -0.440. The van der Waals surface area contributed by atoms with Crippen molar-refractivity contribution in [2.75, 3.05) is 11.6 Å². The van der Waals surface area contributed by atoms with Crippen LogP contribution in [0.15, 0.2) is 45.5 Å². The van der Waals surface area contributed by atoms with Crippen LogP contribution in [0.5, 0.6) is 0 Å². The van der Waals surface area contributed by atoms with E-state index in [0.29, 0.717) is 33.6 Å². The SMILES string of the molecule is CSc1nc2c(c(=O)[nH]1)[C@@H](c1ccc(Cl)cc1)C1=C(CC(C)(C)CC1=O)N2. The monoisotopic (exact) mass is 401 g/mol.